The Kier molecular flexibility index (Phi) is 4.40. The maximum Gasteiger partial charge on any atom is 0.258 e. The smallest absolute Gasteiger partial charge is 0.258 e. The summed E-state index contributed by atoms with van der Waals surface area (Å²) in [6, 6.07) is 4.13. The highest BCUT2D eigenvalue weighted by Crippen LogP contribution is 2.22. The maximum atomic E-state index is 13.8. The molecule has 2 rings (SSSR count). The third-order valence-electron chi connectivity index (χ3n) is 3.21. The fourth-order valence-corrected chi connectivity index (χ4v) is 2.58. The molecule has 6 nitrogen and oxygen atoms in total. The molecule has 4 N–H and O–H groups in total. The Bertz CT molecular complexity index is 817. The van der Waals surface area contributed by atoms with Crippen LogP contribution >= 0.6 is 0 Å². The molecule has 21 heavy (non-hydrogen) atoms. The van der Waals surface area contributed by atoms with Gasteiger partial charge in [0, 0.05) is 18.8 Å². The molecule has 0 saturated carbocycles. The Hall–Kier alpha value is -1.77. The SMILES string of the molecule is CC(NCCS(N)(=O)=O)c1c[nH]c(=O)c2c(F)cccc12. The normalized spacial score (nSPS) is 13.5. The third kappa shape index (κ3) is 3.66. The van der Waals surface area contributed by atoms with Crippen molar-refractivity contribution < 1.29 is 12.8 Å². The van der Waals surface area contributed by atoms with E-state index in [2.05, 4.69) is 10.3 Å². The van der Waals surface area contributed by atoms with Crippen molar-refractivity contribution in [2.45, 2.75) is 13.0 Å². The van der Waals surface area contributed by atoms with Gasteiger partial charge in [-0.3, -0.25) is 4.79 Å². The minimum absolute atomic E-state index is 0.00454. The predicted octanol–water partition coefficient (Wildman–Crippen LogP) is 0.606. The van der Waals surface area contributed by atoms with Gasteiger partial charge in [-0.25, -0.2) is 17.9 Å². The molecule has 0 aliphatic heterocycles. The highest BCUT2D eigenvalue weighted by molar-refractivity contribution is 7.89. The molecule has 1 aromatic heterocycles. The van der Waals surface area contributed by atoms with Crippen LogP contribution in [-0.2, 0) is 10.0 Å². The summed E-state index contributed by atoms with van der Waals surface area (Å²) in [4.78, 5) is 14.2. The first-order valence-corrected chi connectivity index (χ1v) is 8.05. The zero-order valence-corrected chi connectivity index (χ0v) is 12.2. The van der Waals surface area contributed by atoms with Gasteiger partial charge in [0.2, 0.25) is 10.0 Å². The minimum atomic E-state index is -3.54. The van der Waals surface area contributed by atoms with E-state index in [0.717, 1.165) is 0 Å². The molecular weight excluding hydrogens is 297 g/mol. The van der Waals surface area contributed by atoms with Gasteiger partial charge in [0.05, 0.1) is 11.1 Å². The average molecular weight is 313 g/mol. The van der Waals surface area contributed by atoms with Crippen LogP contribution in [0.4, 0.5) is 4.39 Å². The monoisotopic (exact) mass is 313 g/mol. The molecule has 2 aromatic rings. The number of primary sulfonamides is 1. The van der Waals surface area contributed by atoms with Gasteiger partial charge in [0.1, 0.15) is 5.82 Å². The molecule has 1 aromatic carbocycles. The van der Waals surface area contributed by atoms with E-state index in [0.29, 0.717) is 10.9 Å². The molecule has 1 heterocycles. The Morgan fingerprint density at radius 2 is 2.14 bits per heavy atom. The molecule has 0 amide bonds. The minimum Gasteiger partial charge on any atom is -0.328 e. The van der Waals surface area contributed by atoms with Crippen molar-refractivity contribution in [2.75, 3.05) is 12.3 Å². The number of hydrogen-bond donors (Lipinski definition) is 3. The van der Waals surface area contributed by atoms with E-state index in [1.165, 1.54) is 18.3 Å². The molecular formula is C13H16FN3O3S. The molecule has 1 unspecified atom stereocenters. The van der Waals surface area contributed by atoms with E-state index in [1.54, 1.807) is 13.0 Å². The highest BCUT2D eigenvalue weighted by atomic mass is 32.2. The standard InChI is InChI=1S/C13H16FN3O3S/c1-8(16-5-6-21(15,19)20)10-7-17-13(18)12-9(10)3-2-4-11(12)14/h2-4,7-8,16H,5-6H2,1H3,(H,17,18)(H2,15,19,20). The molecule has 8 heteroatoms. The van der Waals surface area contributed by atoms with Crippen molar-refractivity contribution in [3.05, 3.63) is 46.1 Å². The molecule has 0 aliphatic rings. The number of hydrogen-bond acceptors (Lipinski definition) is 4. The summed E-state index contributed by atoms with van der Waals surface area (Å²) < 4.78 is 35.5. The molecule has 0 fully saturated rings. The van der Waals surface area contributed by atoms with Gasteiger partial charge in [0.15, 0.2) is 0 Å². The molecule has 0 aliphatic carbocycles. The number of nitrogens with two attached hydrogens (primary N) is 1. The lowest BCUT2D eigenvalue weighted by Crippen LogP contribution is -2.29. The largest absolute Gasteiger partial charge is 0.328 e. The lowest BCUT2D eigenvalue weighted by molar-refractivity contribution is 0.574. The van der Waals surface area contributed by atoms with Gasteiger partial charge in [0.25, 0.3) is 5.56 Å². The second kappa shape index (κ2) is 5.92. The number of rotatable bonds is 5. The number of benzene rings is 1. The Labute approximate surface area is 121 Å². The Morgan fingerprint density at radius 1 is 1.43 bits per heavy atom. The van der Waals surface area contributed by atoms with Crippen LogP contribution in [-0.4, -0.2) is 25.7 Å². The number of sulfonamides is 1. The average Bonchev–Trinajstić information content (AvgIpc) is 2.37. The van der Waals surface area contributed by atoms with Crippen LogP contribution in [0.25, 0.3) is 10.8 Å². The first kappa shape index (κ1) is 15.6. The van der Waals surface area contributed by atoms with E-state index < -0.39 is 21.4 Å². The molecule has 1 atom stereocenters. The van der Waals surface area contributed by atoms with Crippen molar-refractivity contribution in [1.29, 1.82) is 0 Å². The summed E-state index contributed by atoms with van der Waals surface area (Å²) in [5.74, 6) is -0.792. The van der Waals surface area contributed by atoms with Gasteiger partial charge in [-0.05, 0) is 23.9 Å². The number of halogens is 1. The lowest BCUT2D eigenvalue weighted by atomic mass is 10.0. The number of fused-ring (bicyclic) bond motifs is 1. The van der Waals surface area contributed by atoms with Gasteiger partial charge in [-0.1, -0.05) is 12.1 Å². The van der Waals surface area contributed by atoms with Crippen LogP contribution < -0.4 is 16.0 Å². The first-order valence-electron chi connectivity index (χ1n) is 6.33. The lowest BCUT2D eigenvalue weighted by Gasteiger charge is -2.16. The van der Waals surface area contributed by atoms with Crippen molar-refractivity contribution in [3.63, 3.8) is 0 Å². The van der Waals surface area contributed by atoms with Crippen LogP contribution in [0.3, 0.4) is 0 Å². The molecule has 0 bridgehead atoms. The van der Waals surface area contributed by atoms with Crippen LogP contribution in [0.2, 0.25) is 0 Å². The summed E-state index contributed by atoms with van der Waals surface area (Å²) >= 11 is 0. The molecule has 0 radical (unpaired) electrons. The number of nitrogens with one attached hydrogen (secondary N) is 2. The number of aromatic amines is 1. The summed E-state index contributed by atoms with van der Waals surface area (Å²) in [6.45, 7) is 1.96. The Balaban J connectivity index is 2.32. The van der Waals surface area contributed by atoms with Crippen LogP contribution in [0.5, 0.6) is 0 Å². The maximum absolute atomic E-state index is 13.8. The van der Waals surface area contributed by atoms with Gasteiger partial charge in [-0.15, -0.1) is 0 Å². The zero-order valence-electron chi connectivity index (χ0n) is 11.4. The molecule has 0 spiro atoms. The van der Waals surface area contributed by atoms with Gasteiger partial charge >= 0.3 is 0 Å². The Morgan fingerprint density at radius 3 is 2.81 bits per heavy atom. The quantitative estimate of drug-likeness (QED) is 0.752. The number of pyridine rings is 1. The van der Waals surface area contributed by atoms with Crippen molar-refractivity contribution >= 4 is 20.8 Å². The zero-order chi connectivity index (χ0) is 15.6. The van der Waals surface area contributed by atoms with E-state index in [9.17, 15) is 17.6 Å². The highest BCUT2D eigenvalue weighted by Gasteiger charge is 2.14. The first-order chi connectivity index (χ1) is 9.79. The molecule has 114 valence electrons. The fraction of sp³-hybridized carbons (Fsp3) is 0.308. The van der Waals surface area contributed by atoms with Crippen LogP contribution in [0, 0.1) is 5.82 Å². The third-order valence-corrected chi connectivity index (χ3v) is 3.99. The second-order valence-electron chi connectivity index (χ2n) is 4.78. The van der Waals surface area contributed by atoms with E-state index in [1.807, 2.05) is 0 Å². The fourth-order valence-electron chi connectivity index (χ4n) is 2.17. The van der Waals surface area contributed by atoms with Crippen molar-refractivity contribution in [2.24, 2.45) is 5.14 Å². The van der Waals surface area contributed by atoms with Gasteiger partial charge in [-0.2, -0.15) is 0 Å². The van der Waals surface area contributed by atoms with E-state index >= 15 is 0 Å². The number of aromatic nitrogens is 1. The number of H-pyrrole nitrogens is 1. The van der Waals surface area contributed by atoms with Gasteiger partial charge < -0.3 is 10.3 Å². The van der Waals surface area contributed by atoms with Crippen LogP contribution in [0.15, 0.2) is 29.2 Å². The second-order valence-corrected chi connectivity index (χ2v) is 6.51. The molecule has 0 saturated heterocycles. The predicted molar refractivity (Wildman–Crippen MR) is 78.9 cm³/mol. The van der Waals surface area contributed by atoms with E-state index in [4.69, 9.17) is 5.14 Å². The summed E-state index contributed by atoms with van der Waals surface area (Å²) in [5.41, 5.74) is 0.183. The summed E-state index contributed by atoms with van der Waals surface area (Å²) in [6.07, 6.45) is 1.50. The van der Waals surface area contributed by atoms with Crippen molar-refractivity contribution in [3.8, 4) is 0 Å². The van der Waals surface area contributed by atoms with Crippen LogP contribution in [0.1, 0.15) is 18.5 Å². The topological polar surface area (TPSA) is 105 Å². The summed E-state index contributed by atoms with van der Waals surface area (Å²) in [5, 5.41) is 8.40. The van der Waals surface area contributed by atoms with E-state index in [-0.39, 0.29) is 23.7 Å². The van der Waals surface area contributed by atoms with Crippen molar-refractivity contribution in [1.82, 2.24) is 10.3 Å². The summed E-state index contributed by atoms with van der Waals surface area (Å²) in [7, 11) is -3.54.